The Hall–Kier alpha value is -0.880. The van der Waals surface area contributed by atoms with Crippen molar-refractivity contribution in [3.8, 4) is 0 Å². The fourth-order valence-corrected chi connectivity index (χ4v) is 12.0. The maximum absolute atomic E-state index is 10.9. The number of aliphatic hydroxyl groups excluding tert-OH is 4. The quantitative estimate of drug-likeness (QED) is 0.145. The monoisotopic (exact) mass is 690 g/mol. The first-order valence-electron chi connectivity index (χ1n) is 19.3. The van der Waals surface area contributed by atoms with Crippen LogP contribution in [0.1, 0.15) is 113 Å². The molecule has 3 saturated carbocycles. The minimum Gasteiger partial charge on any atom is -0.394 e. The molecule has 4 aliphatic carbocycles. The highest BCUT2D eigenvalue weighted by Gasteiger charge is 2.79. The minimum atomic E-state index is -1.49. The van der Waals surface area contributed by atoms with Crippen molar-refractivity contribution in [3.05, 3.63) is 24.3 Å². The molecule has 49 heavy (non-hydrogen) atoms. The molecule has 0 aromatic rings. The van der Waals surface area contributed by atoms with E-state index in [1.54, 1.807) is 0 Å². The molecular formula is C40H66O9. The summed E-state index contributed by atoms with van der Waals surface area (Å²) in [5, 5.41) is 51.8. The number of hydrogen-bond acceptors (Lipinski definition) is 9. The Bertz CT molecular complexity index is 1240. The lowest BCUT2D eigenvalue weighted by Crippen LogP contribution is -2.66. The van der Waals surface area contributed by atoms with E-state index in [-0.39, 0.29) is 34.6 Å². The van der Waals surface area contributed by atoms with Crippen LogP contribution in [0.15, 0.2) is 24.3 Å². The van der Waals surface area contributed by atoms with Crippen LogP contribution in [0.5, 0.6) is 0 Å². The summed E-state index contributed by atoms with van der Waals surface area (Å²) < 4.78 is 26.6. The van der Waals surface area contributed by atoms with Gasteiger partial charge in [0.1, 0.15) is 30.0 Å². The second kappa shape index (κ2) is 13.2. The summed E-state index contributed by atoms with van der Waals surface area (Å²) in [4.78, 5) is 0. The highest BCUT2D eigenvalue weighted by atomic mass is 16.7. The molecule has 280 valence electrons. The van der Waals surface area contributed by atoms with Gasteiger partial charge in [-0.2, -0.15) is 0 Å². The number of fused-ring (bicyclic) bond motifs is 2. The zero-order chi connectivity index (χ0) is 35.8. The number of aliphatic hydroxyl groups is 5. The van der Waals surface area contributed by atoms with Crippen molar-refractivity contribution in [2.24, 2.45) is 45.3 Å². The van der Waals surface area contributed by atoms with Crippen LogP contribution in [-0.2, 0) is 18.9 Å². The van der Waals surface area contributed by atoms with E-state index in [1.165, 1.54) is 6.42 Å². The van der Waals surface area contributed by atoms with Gasteiger partial charge < -0.3 is 44.5 Å². The van der Waals surface area contributed by atoms with Crippen LogP contribution < -0.4 is 0 Å². The van der Waals surface area contributed by atoms with E-state index in [4.69, 9.17) is 18.9 Å². The van der Waals surface area contributed by atoms with Crippen LogP contribution in [0.25, 0.3) is 0 Å². The molecule has 5 N–H and O–H groups in total. The minimum absolute atomic E-state index is 0.0701. The Balaban J connectivity index is 1.32. The fraction of sp³-hybridized carbons (Fsp3) is 0.900. The Morgan fingerprint density at radius 2 is 1.71 bits per heavy atom. The van der Waals surface area contributed by atoms with Crippen LogP contribution in [0.4, 0.5) is 0 Å². The zero-order valence-electron chi connectivity index (χ0n) is 31.3. The molecule has 0 aromatic carbocycles. The molecule has 2 heterocycles. The molecule has 0 aromatic heterocycles. The van der Waals surface area contributed by atoms with Gasteiger partial charge in [0.2, 0.25) is 0 Å². The molecular weight excluding hydrogens is 624 g/mol. The number of unbranched alkanes of at least 4 members (excludes halogenated alkanes) is 1. The molecule has 5 fully saturated rings. The van der Waals surface area contributed by atoms with Crippen molar-refractivity contribution in [3.63, 3.8) is 0 Å². The molecule has 2 bridgehead atoms. The van der Waals surface area contributed by atoms with Gasteiger partial charge in [-0.05, 0) is 93.8 Å². The number of allylic oxidation sites excluding steroid dienone is 2. The molecule has 6 aliphatic rings. The van der Waals surface area contributed by atoms with E-state index < -0.39 is 53.9 Å². The summed E-state index contributed by atoms with van der Waals surface area (Å²) >= 11 is 0. The van der Waals surface area contributed by atoms with Crippen molar-refractivity contribution in [1.82, 2.24) is 0 Å². The lowest BCUT2D eigenvalue weighted by atomic mass is 9.38. The molecule has 9 nitrogen and oxygen atoms in total. The third kappa shape index (κ3) is 5.67. The van der Waals surface area contributed by atoms with Crippen LogP contribution in [0, 0.1) is 45.3 Å². The molecule has 0 radical (unpaired) electrons. The predicted octanol–water partition coefficient (Wildman–Crippen LogP) is 5.26. The van der Waals surface area contributed by atoms with E-state index in [0.717, 1.165) is 51.4 Å². The predicted molar refractivity (Wildman–Crippen MR) is 186 cm³/mol. The van der Waals surface area contributed by atoms with Crippen molar-refractivity contribution < 1.29 is 44.5 Å². The van der Waals surface area contributed by atoms with Gasteiger partial charge in [0.25, 0.3) is 0 Å². The van der Waals surface area contributed by atoms with Crippen LogP contribution in [0.3, 0.4) is 0 Å². The first-order valence-corrected chi connectivity index (χ1v) is 19.3. The lowest BCUT2D eigenvalue weighted by Gasteiger charge is -2.65. The molecule has 2 saturated heterocycles. The molecule has 0 amide bonds. The van der Waals surface area contributed by atoms with E-state index in [2.05, 4.69) is 59.8 Å². The fourth-order valence-electron chi connectivity index (χ4n) is 12.0. The normalized spacial score (nSPS) is 49.5. The maximum atomic E-state index is 10.9. The van der Waals surface area contributed by atoms with Gasteiger partial charge in [-0.1, -0.05) is 72.3 Å². The molecule has 1 spiro atoms. The van der Waals surface area contributed by atoms with Gasteiger partial charge in [0.15, 0.2) is 12.6 Å². The topological polar surface area (TPSA) is 138 Å². The van der Waals surface area contributed by atoms with Gasteiger partial charge in [-0.3, -0.25) is 0 Å². The highest BCUT2D eigenvalue weighted by Crippen LogP contribution is 2.79. The van der Waals surface area contributed by atoms with E-state index in [0.29, 0.717) is 24.4 Å². The first-order chi connectivity index (χ1) is 22.9. The second-order valence-electron chi connectivity index (χ2n) is 18.3. The van der Waals surface area contributed by atoms with Crippen LogP contribution >= 0.6 is 0 Å². The van der Waals surface area contributed by atoms with Crippen molar-refractivity contribution >= 4 is 0 Å². The summed E-state index contributed by atoms with van der Waals surface area (Å²) in [6.45, 7) is 17.9. The largest absolute Gasteiger partial charge is 0.394 e. The Morgan fingerprint density at radius 3 is 2.39 bits per heavy atom. The van der Waals surface area contributed by atoms with E-state index >= 15 is 0 Å². The highest BCUT2D eigenvalue weighted by molar-refractivity contribution is 5.34. The molecule has 2 aliphatic heterocycles. The van der Waals surface area contributed by atoms with E-state index in [9.17, 15) is 25.5 Å². The third-order valence-electron chi connectivity index (χ3n) is 15.0. The summed E-state index contributed by atoms with van der Waals surface area (Å²) in [6, 6.07) is 0. The molecule has 6 rings (SSSR count). The SMILES string of the molecule is CCCCOC1OC23C=CC4C1(CCC1(C)C(C(C)CC=CC(C)(C)O)CCC41C)C2CCC(OC1OC(CO)C(O)C(O)C1O)C3(C)C. The molecule has 15 atom stereocenters. The smallest absolute Gasteiger partial charge is 0.186 e. The number of rotatable bonds is 11. The van der Waals surface area contributed by atoms with Gasteiger partial charge in [-0.15, -0.1) is 0 Å². The summed E-state index contributed by atoms with van der Waals surface area (Å²) in [7, 11) is 0. The number of hydrogen-bond donors (Lipinski definition) is 5. The summed E-state index contributed by atoms with van der Waals surface area (Å²) in [5.74, 6) is 1.62. The molecule has 9 heteroatoms. The van der Waals surface area contributed by atoms with Gasteiger partial charge in [0.05, 0.1) is 18.3 Å². The van der Waals surface area contributed by atoms with Crippen molar-refractivity contribution in [2.45, 2.75) is 167 Å². The Morgan fingerprint density at radius 1 is 0.980 bits per heavy atom. The van der Waals surface area contributed by atoms with Crippen molar-refractivity contribution in [2.75, 3.05) is 13.2 Å². The average molecular weight is 691 g/mol. The summed E-state index contributed by atoms with van der Waals surface area (Å²) in [5.41, 5.74) is -1.96. The Labute approximate surface area is 294 Å². The first kappa shape index (κ1) is 37.9. The maximum Gasteiger partial charge on any atom is 0.186 e. The lowest BCUT2D eigenvalue weighted by molar-refractivity contribution is -0.331. The molecule has 15 unspecified atom stereocenters. The van der Waals surface area contributed by atoms with Gasteiger partial charge >= 0.3 is 0 Å². The summed E-state index contributed by atoms with van der Waals surface area (Å²) in [6.07, 6.45) is 10.8. The third-order valence-corrected chi connectivity index (χ3v) is 15.0. The van der Waals surface area contributed by atoms with Crippen LogP contribution in [-0.4, -0.2) is 93.0 Å². The van der Waals surface area contributed by atoms with Gasteiger partial charge in [-0.25, -0.2) is 0 Å². The average Bonchev–Trinajstić information content (AvgIpc) is 3.41. The van der Waals surface area contributed by atoms with E-state index in [1.807, 2.05) is 19.9 Å². The zero-order valence-corrected chi connectivity index (χ0v) is 31.3. The van der Waals surface area contributed by atoms with Crippen LogP contribution in [0.2, 0.25) is 0 Å². The number of ether oxygens (including phenoxy) is 4. The second-order valence-corrected chi connectivity index (χ2v) is 18.3. The Kier molecular flexibility index (Phi) is 10.2. The van der Waals surface area contributed by atoms with Gasteiger partial charge in [0, 0.05) is 23.4 Å². The standard InChI is InChI=1S/C40H66O9/c1-9-10-22-46-34-39-21-20-37(7)25(24(2)12-11-17-35(3,4)45)15-18-38(37,8)27(39)16-19-40(49-34)28(39)13-14-29(36(40,5)6)48-33-32(44)31(43)30(42)26(23-41)47-33/h11,16-17,19,24-34,41-45H,9-10,12-15,18,20-23H2,1-8H3. The van der Waals surface area contributed by atoms with Crippen molar-refractivity contribution in [1.29, 1.82) is 0 Å².